The number of methoxy groups -OCH3 is 2. The molecule has 0 atom stereocenters. The largest absolute Gasteiger partial charge is 0.497 e. The van der Waals surface area contributed by atoms with Gasteiger partial charge >= 0.3 is 0 Å². The van der Waals surface area contributed by atoms with Gasteiger partial charge in [-0.15, -0.1) is 0 Å². The van der Waals surface area contributed by atoms with Crippen molar-refractivity contribution in [3.05, 3.63) is 48.3 Å². The second kappa shape index (κ2) is 10.0. The number of rotatable bonds is 8. The lowest BCUT2D eigenvalue weighted by molar-refractivity contribution is -0.689. The summed E-state index contributed by atoms with van der Waals surface area (Å²) in [5.74, 6) is 2.59. The minimum Gasteiger partial charge on any atom is -0.497 e. The molecule has 174 valence electrons. The van der Waals surface area contributed by atoms with Crippen LogP contribution >= 0.6 is 0 Å². The molecule has 33 heavy (non-hydrogen) atoms. The molecule has 0 N–H and O–H groups in total. The third kappa shape index (κ3) is 4.65. The van der Waals surface area contributed by atoms with E-state index in [1.54, 1.807) is 14.2 Å². The lowest BCUT2D eigenvalue weighted by Crippen LogP contribution is -2.33. The summed E-state index contributed by atoms with van der Waals surface area (Å²) in [5.41, 5.74) is 3.67. The Kier molecular flexibility index (Phi) is 6.68. The van der Waals surface area contributed by atoms with Crippen molar-refractivity contribution < 1.29 is 18.8 Å². The van der Waals surface area contributed by atoms with E-state index in [0.717, 1.165) is 55.4 Å². The normalized spacial score (nSPS) is 16.1. The summed E-state index contributed by atoms with van der Waals surface area (Å²) < 4.78 is 19.7. The topological polar surface area (TPSA) is 34.8 Å². The third-order valence-corrected chi connectivity index (χ3v) is 7.07. The Bertz CT molecular complexity index is 1120. The molecule has 0 radical (unpaired) electrons. The van der Waals surface area contributed by atoms with Crippen LogP contribution in [0.5, 0.6) is 17.2 Å². The van der Waals surface area contributed by atoms with Gasteiger partial charge < -0.3 is 19.1 Å². The first-order valence-corrected chi connectivity index (χ1v) is 12.3. The first kappa shape index (κ1) is 22.0. The van der Waals surface area contributed by atoms with Gasteiger partial charge in [-0.3, -0.25) is 0 Å². The van der Waals surface area contributed by atoms with Crippen molar-refractivity contribution in [1.82, 2.24) is 4.90 Å². The second-order valence-electron chi connectivity index (χ2n) is 9.16. The van der Waals surface area contributed by atoms with Gasteiger partial charge in [0.15, 0.2) is 11.9 Å². The van der Waals surface area contributed by atoms with Crippen LogP contribution < -0.4 is 18.8 Å². The summed E-state index contributed by atoms with van der Waals surface area (Å²) in [6, 6.07) is 12.6. The van der Waals surface area contributed by atoms with Crippen LogP contribution in [-0.2, 0) is 13.0 Å². The van der Waals surface area contributed by atoms with E-state index in [0.29, 0.717) is 0 Å². The van der Waals surface area contributed by atoms with E-state index in [2.05, 4.69) is 39.9 Å². The van der Waals surface area contributed by atoms with Crippen LogP contribution in [0.25, 0.3) is 21.9 Å². The molecule has 3 heterocycles. The van der Waals surface area contributed by atoms with E-state index in [9.17, 15) is 0 Å². The van der Waals surface area contributed by atoms with Gasteiger partial charge in [0.2, 0.25) is 0 Å². The van der Waals surface area contributed by atoms with Crippen LogP contribution in [0.1, 0.15) is 37.8 Å². The van der Waals surface area contributed by atoms with Crippen LogP contribution in [0.15, 0.2) is 42.6 Å². The number of aromatic nitrogens is 1. The zero-order chi connectivity index (χ0) is 22.6. The molecule has 5 heteroatoms. The van der Waals surface area contributed by atoms with Crippen molar-refractivity contribution in [2.24, 2.45) is 0 Å². The molecule has 2 aromatic carbocycles. The summed E-state index contributed by atoms with van der Waals surface area (Å²) in [5, 5.41) is 2.53. The number of likely N-dealkylation sites (tertiary alicyclic amines) is 1. The van der Waals surface area contributed by atoms with Crippen molar-refractivity contribution >= 4 is 10.8 Å². The van der Waals surface area contributed by atoms with Crippen molar-refractivity contribution in [2.75, 3.05) is 40.5 Å². The summed E-state index contributed by atoms with van der Waals surface area (Å²) in [7, 11) is 3.40. The van der Waals surface area contributed by atoms with Gasteiger partial charge in [-0.05, 0) is 62.7 Å². The fraction of sp³-hybridized carbons (Fsp3) is 0.464. The van der Waals surface area contributed by atoms with Crippen molar-refractivity contribution in [1.29, 1.82) is 0 Å². The fourth-order valence-corrected chi connectivity index (χ4v) is 5.34. The molecule has 0 aliphatic carbocycles. The maximum absolute atomic E-state index is 6.21. The van der Waals surface area contributed by atoms with Crippen LogP contribution in [0.4, 0.5) is 0 Å². The SMILES string of the molecule is COc1ccc(-c2c[n+]3c(c4cc(OCCCN5CCCCC5)ccc24)CCC3)c(OC)c1. The summed E-state index contributed by atoms with van der Waals surface area (Å²) >= 11 is 0. The summed E-state index contributed by atoms with van der Waals surface area (Å²) in [4.78, 5) is 2.57. The summed E-state index contributed by atoms with van der Waals surface area (Å²) in [6.07, 6.45) is 9.72. The van der Waals surface area contributed by atoms with E-state index in [-0.39, 0.29) is 0 Å². The Morgan fingerprint density at radius 3 is 2.52 bits per heavy atom. The van der Waals surface area contributed by atoms with Gasteiger partial charge in [0.1, 0.15) is 23.8 Å². The van der Waals surface area contributed by atoms with Gasteiger partial charge in [0, 0.05) is 36.4 Å². The number of pyridine rings is 1. The van der Waals surface area contributed by atoms with Gasteiger partial charge in [-0.1, -0.05) is 6.42 Å². The average Bonchev–Trinajstić information content (AvgIpc) is 3.35. The Morgan fingerprint density at radius 2 is 1.70 bits per heavy atom. The third-order valence-electron chi connectivity index (χ3n) is 7.07. The summed E-state index contributed by atoms with van der Waals surface area (Å²) in [6.45, 7) is 5.45. The molecule has 5 rings (SSSR count). The van der Waals surface area contributed by atoms with Crippen LogP contribution in [-0.4, -0.2) is 45.4 Å². The van der Waals surface area contributed by atoms with E-state index in [1.807, 2.05) is 12.1 Å². The molecule has 0 amide bonds. The molecule has 0 spiro atoms. The first-order valence-electron chi connectivity index (χ1n) is 12.3. The highest BCUT2D eigenvalue weighted by molar-refractivity contribution is 5.98. The molecule has 3 aromatic rings. The lowest BCUT2D eigenvalue weighted by atomic mass is 9.97. The predicted octanol–water partition coefficient (Wildman–Crippen LogP) is 5.01. The predicted molar refractivity (Wildman–Crippen MR) is 131 cm³/mol. The smallest absolute Gasteiger partial charge is 0.189 e. The zero-order valence-electron chi connectivity index (χ0n) is 19.9. The Morgan fingerprint density at radius 1 is 0.848 bits per heavy atom. The molecule has 5 nitrogen and oxygen atoms in total. The molecular formula is C28H35N2O3+. The highest BCUT2D eigenvalue weighted by Gasteiger charge is 2.26. The van der Waals surface area contributed by atoms with Crippen LogP contribution in [0, 0.1) is 0 Å². The minimum atomic E-state index is 0.767. The number of hydrogen-bond acceptors (Lipinski definition) is 4. The molecular weight excluding hydrogens is 412 g/mol. The van der Waals surface area contributed by atoms with Crippen LogP contribution in [0.3, 0.4) is 0 Å². The fourth-order valence-electron chi connectivity index (χ4n) is 5.34. The Hall–Kier alpha value is -2.79. The molecule has 0 unspecified atom stereocenters. The monoisotopic (exact) mass is 447 g/mol. The number of aryl methyl sites for hydroxylation is 2. The molecule has 0 saturated carbocycles. The molecule has 1 saturated heterocycles. The standard InChI is InChI=1S/C28H35N2O3/c1-31-21-9-12-24(28(19-21)32-2)26-20-30-16-6-8-27(30)25-18-22(10-11-23(25)26)33-17-7-15-29-13-4-3-5-14-29/h9-12,18-20H,3-8,13-17H2,1-2H3/q+1. The van der Waals surface area contributed by atoms with Gasteiger partial charge in [0.25, 0.3) is 0 Å². The second-order valence-corrected chi connectivity index (χ2v) is 9.16. The number of benzene rings is 2. The van der Waals surface area contributed by atoms with Gasteiger partial charge in [0.05, 0.1) is 31.8 Å². The van der Waals surface area contributed by atoms with Crippen molar-refractivity contribution in [3.8, 4) is 28.4 Å². The average molecular weight is 448 g/mol. The van der Waals surface area contributed by atoms with E-state index >= 15 is 0 Å². The molecule has 2 aliphatic rings. The number of hydrogen-bond donors (Lipinski definition) is 0. The molecule has 1 fully saturated rings. The number of fused-ring (bicyclic) bond motifs is 3. The van der Waals surface area contributed by atoms with E-state index in [4.69, 9.17) is 14.2 Å². The quantitative estimate of drug-likeness (QED) is 0.359. The molecule has 0 bridgehead atoms. The van der Waals surface area contributed by atoms with E-state index in [1.165, 1.54) is 60.8 Å². The molecule has 1 aromatic heterocycles. The highest BCUT2D eigenvalue weighted by atomic mass is 16.5. The molecule has 2 aliphatic heterocycles. The minimum absolute atomic E-state index is 0.767. The maximum Gasteiger partial charge on any atom is 0.189 e. The number of ether oxygens (including phenoxy) is 3. The number of piperidine rings is 1. The lowest BCUT2D eigenvalue weighted by Gasteiger charge is -2.26. The number of nitrogens with zero attached hydrogens (tertiary/aromatic N) is 2. The van der Waals surface area contributed by atoms with Crippen molar-refractivity contribution in [2.45, 2.75) is 45.1 Å². The van der Waals surface area contributed by atoms with Gasteiger partial charge in [-0.25, -0.2) is 4.57 Å². The Labute approximate surface area is 196 Å². The van der Waals surface area contributed by atoms with E-state index < -0.39 is 0 Å². The van der Waals surface area contributed by atoms with Gasteiger partial charge in [-0.2, -0.15) is 0 Å². The Balaban J connectivity index is 1.42. The first-order chi connectivity index (χ1) is 16.3. The highest BCUT2D eigenvalue weighted by Crippen LogP contribution is 2.38. The zero-order valence-corrected chi connectivity index (χ0v) is 19.9. The maximum atomic E-state index is 6.21. The van der Waals surface area contributed by atoms with Crippen LogP contribution in [0.2, 0.25) is 0 Å². The van der Waals surface area contributed by atoms with Crippen molar-refractivity contribution in [3.63, 3.8) is 0 Å².